The molecule has 1 aromatic heterocycles. The molecule has 0 radical (unpaired) electrons. The van der Waals surface area contributed by atoms with Crippen LogP contribution in [0.3, 0.4) is 0 Å². The van der Waals surface area contributed by atoms with Gasteiger partial charge in [-0.15, -0.1) is 4.40 Å². The first-order valence-electron chi connectivity index (χ1n) is 12.2. The number of likely N-dealkylation sites (tertiary alicyclic amines) is 1. The first-order chi connectivity index (χ1) is 18.7. The van der Waals surface area contributed by atoms with Gasteiger partial charge >= 0.3 is 0 Å². The molecule has 3 aromatic carbocycles. The van der Waals surface area contributed by atoms with E-state index < -0.39 is 15.9 Å². The van der Waals surface area contributed by atoms with E-state index >= 15 is 0 Å². The second-order valence-electron chi connectivity index (χ2n) is 9.13. The topological polar surface area (TPSA) is 91.7 Å². The van der Waals surface area contributed by atoms with Crippen molar-refractivity contribution in [3.05, 3.63) is 99.9 Å². The quantitative estimate of drug-likeness (QED) is 0.275. The van der Waals surface area contributed by atoms with Crippen molar-refractivity contribution in [3.63, 3.8) is 0 Å². The summed E-state index contributed by atoms with van der Waals surface area (Å²) in [6.07, 6.45) is 5.00. The van der Waals surface area contributed by atoms with Gasteiger partial charge in [0.15, 0.2) is 0 Å². The van der Waals surface area contributed by atoms with Gasteiger partial charge in [0, 0.05) is 35.6 Å². The predicted molar refractivity (Wildman–Crippen MR) is 156 cm³/mol. The normalized spacial score (nSPS) is 14.9. The number of sulfonamides is 1. The van der Waals surface area contributed by atoms with Crippen LogP contribution < -0.4 is 5.32 Å². The number of nitrogens with one attached hydrogen (secondary N) is 1. The molecule has 7 nitrogen and oxygen atoms in total. The maximum absolute atomic E-state index is 13.5. The number of fused-ring (bicyclic) bond motifs is 1. The fraction of sp³-hybridized carbons (Fsp3) is 0.138. The van der Waals surface area contributed by atoms with Crippen LogP contribution in [-0.2, 0) is 10.0 Å². The molecular formula is C29H24BrFN4O3S. The highest BCUT2D eigenvalue weighted by molar-refractivity contribution is 9.10. The van der Waals surface area contributed by atoms with E-state index in [9.17, 15) is 17.6 Å². The van der Waals surface area contributed by atoms with Crippen LogP contribution in [0.25, 0.3) is 23.1 Å². The third kappa shape index (κ3) is 6.23. The molecule has 1 N–H and O–H groups in total. The fourth-order valence-electron chi connectivity index (χ4n) is 4.28. The van der Waals surface area contributed by atoms with E-state index in [1.807, 2.05) is 18.0 Å². The molecule has 198 valence electrons. The molecule has 0 spiro atoms. The van der Waals surface area contributed by atoms with Crippen LogP contribution in [0.5, 0.6) is 0 Å². The molecule has 5 rings (SSSR count). The van der Waals surface area contributed by atoms with Crippen LogP contribution in [0.15, 0.2) is 86.6 Å². The summed E-state index contributed by atoms with van der Waals surface area (Å²) >= 11 is 3.45. The average molecular weight is 608 g/mol. The lowest BCUT2D eigenvalue weighted by Gasteiger charge is -2.12. The van der Waals surface area contributed by atoms with Gasteiger partial charge in [-0.05, 0) is 72.7 Å². The molecule has 0 saturated carbocycles. The number of amides is 1. The third-order valence-electron chi connectivity index (χ3n) is 6.30. The van der Waals surface area contributed by atoms with Crippen LogP contribution in [0.4, 0.5) is 10.1 Å². The molecule has 4 aromatic rings. The number of carbonyl (C=O) groups is 1. The largest absolute Gasteiger partial charge is 0.362 e. The van der Waals surface area contributed by atoms with Gasteiger partial charge in [0.1, 0.15) is 11.7 Å². The number of hydrogen-bond acceptors (Lipinski definition) is 4. The van der Waals surface area contributed by atoms with Crippen LogP contribution in [0.1, 0.15) is 34.5 Å². The van der Waals surface area contributed by atoms with Gasteiger partial charge in [-0.25, -0.2) is 9.37 Å². The first kappa shape index (κ1) is 26.7. The van der Waals surface area contributed by atoms with Crippen LogP contribution in [-0.4, -0.2) is 43.6 Å². The number of hydrogen-bond donors (Lipinski definition) is 1. The molecule has 0 bridgehead atoms. The Labute approximate surface area is 234 Å². The van der Waals surface area contributed by atoms with Gasteiger partial charge in [-0.3, -0.25) is 4.79 Å². The van der Waals surface area contributed by atoms with Crippen molar-refractivity contribution in [1.29, 1.82) is 0 Å². The van der Waals surface area contributed by atoms with Gasteiger partial charge < -0.3 is 10.2 Å². The molecule has 1 amide bonds. The van der Waals surface area contributed by atoms with E-state index in [4.69, 9.17) is 0 Å². The van der Waals surface area contributed by atoms with E-state index in [1.54, 1.807) is 54.6 Å². The van der Waals surface area contributed by atoms with Crippen molar-refractivity contribution < 1.29 is 17.6 Å². The molecule has 1 saturated heterocycles. The molecule has 39 heavy (non-hydrogen) atoms. The lowest BCUT2D eigenvalue weighted by molar-refractivity contribution is 0.102. The smallest absolute Gasteiger partial charge is 0.284 e. The van der Waals surface area contributed by atoms with Gasteiger partial charge in [0.2, 0.25) is 0 Å². The van der Waals surface area contributed by atoms with E-state index in [2.05, 4.69) is 30.6 Å². The molecule has 1 aliphatic heterocycles. The number of nitrogens with zero attached hydrogens (tertiary/aromatic N) is 3. The highest BCUT2D eigenvalue weighted by Crippen LogP contribution is 2.26. The van der Waals surface area contributed by atoms with E-state index in [0.717, 1.165) is 23.0 Å². The molecule has 1 fully saturated rings. The zero-order valence-corrected chi connectivity index (χ0v) is 23.3. The third-order valence-corrected chi connectivity index (χ3v) is 8.10. The highest BCUT2D eigenvalue weighted by atomic mass is 79.9. The number of carbonyl (C=O) groups excluding carboxylic acids is 1. The first-order valence-corrected chi connectivity index (χ1v) is 14.4. The van der Waals surface area contributed by atoms with Crippen LogP contribution in [0.2, 0.25) is 0 Å². The van der Waals surface area contributed by atoms with Crippen molar-refractivity contribution in [2.75, 3.05) is 18.9 Å². The Morgan fingerprint density at radius 3 is 2.62 bits per heavy atom. The fourth-order valence-corrected chi connectivity index (χ4v) is 5.78. The summed E-state index contributed by atoms with van der Waals surface area (Å²) < 4.78 is 43.9. The molecule has 2 heterocycles. The van der Waals surface area contributed by atoms with Crippen molar-refractivity contribution in [1.82, 2.24) is 9.88 Å². The van der Waals surface area contributed by atoms with Crippen molar-refractivity contribution >= 4 is 66.4 Å². The van der Waals surface area contributed by atoms with E-state index in [0.29, 0.717) is 40.1 Å². The monoisotopic (exact) mass is 606 g/mol. The molecule has 0 atom stereocenters. The van der Waals surface area contributed by atoms with Gasteiger partial charge in [-0.2, -0.15) is 8.42 Å². The summed E-state index contributed by atoms with van der Waals surface area (Å²) in [4.78, 5) is 20.0. The minimum Gasteiger partial charge on any atom is -0.362 e. The Bertz CT molecular complexity index is 1740. The Kier molecular flexibility index (Phi) is 7.58. The van der Waals surface area contributed by atoms with Crippen molar-refractivity contribution in [2.24, 2.45) is 4.40 Å². The summed E-state index contributed by atoms with van der Waals surface area (Å²) in [5, 5.41) is 3.45. The molecule has 0 unspecified atom stereocenters. The minimum absolute atomic E-state index is 0.00153. The zero-order chi connectivity index (χ0) is 27.6. The van der Waals surface area contributed by atoms with Gasteiger partial charge in [0.05, 0.1) is 21.7 Å². The zero-order valence-electron chi connectivity index (χ0n) is 20.9. The number of anilines is 1. The van der Waals surface area contributed by atoms with Crippen molar-refractivity contribution in [3.8, 4) is 0 Å². The number of rotatable bonds is 6. The Morgan fingerprint density at radius 2 is 1.87 bits per heavy atom. The van der Waals surface area contributed by atoms with Crippen LogP contribution in [0, 0.1) is 5.82 Å². The highest BCUT2D eigenvalue weighted by Gasteiger charge is 2.21. The van der Waals surface area contributed by atoms with Gasteiger partial charge in [0.25, 0.3) is 15.9 Å². The number of pyridine rings is 1. The second kappa shape index (κ2) is 11.1. The Balaban J connectivity index is 1.46. The van der Waals surface area contributed by atoms with E-state index in [1.165, 1.54) is 24.3 Å². The number of aromatic nitrogens is 1. The molecule has 0 aliphatic carbocycles. The van der Waals surface area contributed by atoms with E-state index in [-0.39, 0.29) is 10.7 Å². The maximum Gasteiger partial charge on any atom is 0.284 e. The molecule has 1 aliphatic rings. The Morgan fingerprint density at radius 1 is 1.08 bits per heavy atom. The summed E-state index contributed by atoms with van der Waals surface area (Å²) in [5.74, 6) is -0.219. The number of benzene rings is 3. The predicted octanol–water partition coefficient (Wildman–Crippen LogP) is 6.37. The average Bonchev–Trinajstić information content (AvgIpc) is 3.31. The summed E-state index contributed by atoms with van der Waals surface area (Å²) in [7, 11) is -2.12. The van der Waals surface area contributed by atoms with Crippen LogP contribution >= 0.6 is 15.9 Å². The number of amidine groups is 1. The molecular weight excluding hydrogens is 583 g/mol. The minimum atomic E-state index is -3.94. The lowest BCUT2D eigenvalue weighted by Crippen LogP contribution is -2.20. The van der Waals surface area contributed by atoms with Gasteiger partial charge in [-0.1, -0.05) is 40.2 Å². The summed E-state index contributed by atoms with van der Waals surface area (Å²) in [6.45, 7) is 0.765. The SMILES string of the molecule is CN1CCC/C1=N\S(=O)(=O)c1cccc(NC(=O)c2cc(/C=C/c3ccc(F)cc3)nc3ccc(Br)cc23)c1. The summed E-state index contributed by atoms with van der Waals surface area (Å²) in [6, 6.07) is 19.2. The second-order valence-corrected chi connectivity index (χ2v) is 11.7. The lowest BCUT2D eigenvalue weighted by atomic mass is 10.1. The standard InChI is InChI=1S/C29H24BrFN4O3S/c1-35-15-3-6-28(35)34-39(37,38)24-5-2-4-22(17-24)33-29(36)26-18-23(13-9-19-7-11-21(31)12-8-19)32-27-14-10-20(30)16-25(26)27/h2,4-5,7-14,16-18H,3,6,15H2,1H3,(H,33,36)/b13-9+,34-28+. The Hall–Kier alpha value is -3.89. The summed E-state index contributed by atoms with van der Waals surface area (Å²) in [5.41, 5.74) is 2.61. The molecule has 10 heteroatoms. The maximum atomic E-state index is 13.5. The number of halogens is 2. The van der Waals surface area contributed by atoms with Crippen molar-refractivity contribution in [2.45, 2.75) is 17.7 Å².